The molecule has 2 aromatic carbocycles. The van der Waals surface area contributed by atoms with Crippen LogP contribution in [0.2, 0.25) is 0 Å². The number of rotatable bonds is 5. The second kappa shape index (κ2) is 9.24. The number of ether oxygens (including phenoxy) is 1. The normalized spacial score (nSPS) is 14.5. The Balaban J connectivity index is 1.49. The molecule has 1 aliphatic rings. The maximum Gasteiger partial charge on any atom is 0.258 e. The van der Waals surface area contributed by atoms with E-state index in [1.807, 2.05) is 32.9 Å². The van der Waals surface area contributed by atoms with E-state index in [4.69, 9.17) is 4.74 Å². The standard InChI is InChI=1S/C23H26F2N2O3/c1-14-4-5-15(2)22(16(14)3)30-13-21(28)26-18-8-10-27(11-9-18)23(29)19-7-6-17(24)12-20(19)25/h4-7,12,18H,8-11,13H2,1-3H3,(H,26,28). The van der Waals surface area contributed by atoms with Crippen LogP contribution in [0.25, 0.3) is 0 Å². The van der Waals surface area contributed by atoms with E-state index in [-0.39, 0.29) is 24.1 Å². The fourth-order valence-corrected chi connectivity index (χ4v) is 3.61. The monoisotopic (exact) mass is 416 g/mol. The van der Waals surface area contributed by atoms with Crippen LogP contribution in [0, 0.1) is 32.4 Å². The highest BCUT2D eigenvalue weighted by Crippen LogP contribution is 2.25. The second-order valence-electron chi connectivity index (χ2n) is 7.70. The predicted octanol–water partition coefficient (Wildman–Crippen LogP) is 3.69. The number of aryl methyl sites for hydroxylation is 2. The van der Waals surface area contributed by atoms with Gasteiger partial charge in [-0.1, -0.05) is 12.1 Å². The van der Waals surface area contributed by atoms with Gasteiger partial charge >= 0.3 is 0 Å². The van der Waals surface area contributed by atoms with Gasteiger partial charge in [-0.15, -0.1) is 0 Å². The minimum absolute atomic E-state index is 0.0783. The molecule has 0 saturated carbocycles. The number of benzene rings is 2. The Morgan fingerprint density at radius 1 is 1.07 bits per heavy atom. The van der Waals surface area contributed by atoms with E-state index in [2.05, 4.69) is 5.32 Å². The third kappa shape index (κ3) is 4.96. The van der Waals surface area contributed by atoms with Crippen molar-refractivity contribution in [3.63, 3.8) is 0 Å². The first-order chi connectivity index (χ1) is 14.3. The number of hydrogen-bond donors (Lipinski definition) is 1. The van der Waals surface area contributed by atoms with Gasteiger partial charge < -0.3 is 15.0 Å². The molecule has 7 heteroatoms. The van der Waals surface area contributed by atoms with Gasteiger partial charge in [-0.2, -0.15) is 0 Å². The molecule has 2 amide bonds. The number of nitrogens with zero attached hydrogens (tertiary/aromatic N) is 1. The lowest BCUT2D eigenvalue weighted by Crippen LogP contribution is -2.47. The van der Waals surface area contributed by atoms with Crippen molar-refractivity contribution in [3.8, 4) is 5.75 Å². The maximum atomic E-state index is 13.9. The molecular weight excluding hydrogens is 390 g/mol. The zero-order chi connectivity index (χ0) is 21.8. The average Bonchev–Trinajstić information content (AvgIpc) is 2.71. The van der Waals surface area contributed by atoms with E-state index in [1.54, 1.807) is 0 Å². The van der Waals surface area contributed by atoms with Gasteiger partial charge in [-0.05, 0) is 62.4 Å². The van der Waals surface area contributed by atoms with Crippen LogP contribution in [0.1, 0.15) is 39.9 Å². The van der Waals surface area contributed by atoms with E-state index in [0.29, 0.717) is 32.0 Å². The summed E-state index contributed by atoms with van der Waals surface area (Å²) in [6.45, 7) is 6.59. The Morgan fingerprint density at radius 2 is 1.73 bits per heavy atom. The Bertz CT molecular complexity index is 954. The summed E-state index contributed by atoms with van der Waals surface area (Å²) in [7, 11) is 0. The number of amides is 2. The fraction of sp³-hybridized carbons (Fsp3) is 0.391. The maximum absolute atomic E-state index is 13.9. The Labute approximate surface area is 175 Å². The zero-order valence-electron chi connectivity index (χ0n) is 17.4. The van der Waals surface area contributed by atoms with Gasteiger partial charge in [-0.3, -0.25) is 9.59 Å². The zero-order valence-corrected chi connectivity index (χ0v) is 17.4. The highest BCUT2D eigenvalue weighted by molar-refractivity contribution is 5.94. The van der Waals surface area contributed by atoms with Crippen molar-refractivity contribution in [2.45, 2.75) is 39.7 Å². The lowest BCUT2D eigenvalue weighted by Gasteiger charge is -2.32. The molecule has 5 nitrogen and oxygen atoms in total. The van der Waals surface area contributed by atoms with Gasteiger partial charge in [0, 0.05) is 25.2 Å². The topological polar surface area (TPSA) is 58.6 Å². The molecule has 0 atom stereocenters. The van der Waals surface area contributed by atoms with Gasteiger partial charge in [0.25, 0.3) is 11.8 Å². The molecule has 0 bridgehead atoms. The highest BCUT2D eigenvalue weighted by Gasteiger charge is 2.26. The Hall–Kier alpha value is -2.96. The number of nitrogens with one attached hydrogen (secondary N) is 1. The molecule has 2 aromatic rings. The van der Waals surface area contributed by atoms with Crippen LogP contribution in [0.4, 0.5) is 8.78 Å². The number of halogens is 2. The molecule has 160 valence electrons. The molecule has 1 heterocycles. The SMILES string of the molecule is Cc1ccc(C)c(OCC(=O)NC2CCN(C(=O)c3ccc(F)cc3F)CC2)c1C. The fourth-order valence-electron chi connectivity index (χ4n) is 3.61. The Kier molecular flexibility index (Phi) is 6.70. The first-order valence-corrected chi connectivity index (χ1v) is 9.99. The third-order valence-corrected chi connectivity index (χ3v) is 5.53. The molecule has 0 aliphatic carbocycles. The molecule has 0 spiro atoms. The lowest BCUT2D eigenvalue weighted by molar-refractivity contribution is -0.124. The summed E-state index contributed by atoms with van der Waals surface area (Å²) in [6, 6.07) is 6.84. The molecule has 1 fully saturated rings. The average molecular weight is 416 g/mol. The smallest absolute Gasteiger partial charge is 0.258 e. The van der Waals surface area contributed by atoms with Crippen molar-refractivity contribution >= 4 is 11.8 Å². The van der Waals surface area contributed by atoms with E-state index in [1.165, 1.54) is 4.90 Å². The van der Waals surface area contributed by atoms with Crippen LogP contribution in [-0.4, -0.2) is 42.5 Å². The molecule has 1 aliphatic heterocycles. The summed E-state index contributed by atoms with van der Waals surface area (Å²) in [6.07, 6.45) is 1.12. The molecule has 1 N–H and O–H groups in total. The summed E-state index contributed by atoms with van der Waals surface area (Å²) in [4.78, 5) is 26.3. The van der Waals surface area contributed by atoms with Crippen molar-refractivity contribution < 1.29 is 23.1 Å². The molecule has 0 unspecified atom stereocenters. The van der Waals surface area contributed by atoms with Crippen molar-refractivity contribution in [3.05, 3.63) is 64.2 Å². The van der Waals surface area contributed by atoms with E-state index >= 15 is 0 Å². The molecule has 1 saturated heterocycles. The molecule has 3 rings (SSSR count). The predicted molar refractivity (Wildman–Crippen MR) is 110 cm³/mol. The summed E-state index contributed by atoms with van der Waals surface area (Å²) in [5, 5.41) is 2.94. The largest absolute Gasteiger partial charge is 0.483 e. The van der Waals surface area contributed by atoms with E-state index < -0.39 is 17.5 Å². The van der Waals surface area contributed by atoms with Gasteiger partial charge in [-0.25, -0.2) is 8.78 Å². The Morgan fingerprint density at radius 3 is 2.40 bits per heavy atom. The third-order valence-electron chi connectivity index (χ3n) is 5.53. The molecule has 30 heavy (non-hydrogen) atoms. The van der Waals surface area contributed by atoms with Gasteiger partial charge in [0.2, 0.25) is 0 Å². The second-order valence-corrected chi connectivity index (χ2v) is 7.70. The van der Waals surface area contributed by atoms with Crippen LogP contribution >= 0.6 is 0 Å². The lowest BCUT2D eigenvalue weighted by atomic mass is 10.0. The first kappa shape index (κ1) is 21.7. The van der Waals surface area contributed by atoms with E-state index in [9.17, 15) is 18.4 Å². The molecule has 0 radical (unpaired) electrons. The van der Waals surface area contributed by atoms with Gasteiger partial charge in [0.05, 0.1) is 5.56 Å². The number of piperidine rings is 1. The summed E-state index contributed by atoms with van der Waals surface area (Å²) < 4.78 is 32.6. The minimum atomic E-state index is -0.866. The van der Waals surface area contributed by atoms with Crippen molar-refractivity contribution in [1.29, 1.82) is 0 Å². The van der Waals surface area contributed by atoms with Crippen LogP contribution in [0.3, 0.4) is 0 Å². The van der Waals surface area contributed by atoms with E-state index in [0.717, 1.165) is 34.6 Å². The number of carbonyl (C=O) groups excluding carboxylic acids is 2. The summed E-state index contributed by atoms with van der Waals surface area (Å²) in [5.74, 6) is -1.54. The quantitative estimate of drug-likeness (QED) is 0.809. The van der Waals surface area contributed by atoms with Crippen LogP contribution in [0.5, 0.6) is 5.75 Å². The van der Waals surface area contributed by atoms with Crippen molar-refractivity contribution in [2.75, 3.05) is 19.7 Å². The molecule has 0 aromatic heterocycles. The summed E-state index contributed by atoms with van der Waals surface area (Å²) in [5.41, 5.74) is 2.95. The minimum Gasteiger partial charge on any atom is -0.483 e. The van der Waals surface area contributed by atoms with Gasteiger partial charge in [0.15, 0.2) is 6.61 Å². The summed E-state index contributed by atoms with van der Waals surface area (Å²) >= 11 is 0. The van der Waals surface area contributed by atoms with Crippen LogP contribution in [-0.2, 0) is 4.79 Å². The number of likely N-dealkylation sites (tertiary alicyclic amines) is 1. The van der Waals surface area contributed by atoms with Gasteiger partial charge in [0.1, 0.15) is 17.4 Å². The van der Waals surface area contributed by atoms with Crippen LogP contribution in [0.15, 0.2) is 30.3 Å². The molecular formula is C23H26F2N2O3. The first-order valence-electron chi connectivity index (χ1n) is 9.99. The highest BCUT2D eigenvalue weighted by atomic mass is 19.1. The van der Waals surface area contributed by atoms with Crippen molar-refractivity contribution in [1.82, 2.24) is 10.2 Å². The van der Waals surface area contributed by atoms with Crippen LogP contribution < -0.4 is 10.1 Å². The van der Waals surface area contributed by atoms with Crippen molar-refractivity contribution in [2.24, 2.45) is 0 Å². The number of carbonyl (C=O) groups is 2. The number of hydrogen-bond acceptors (Lipinski definition) is 3.